The van der Waals surface area contributed by atoms with Gasteiger partial charge in [0.2, 0.25) is 0 Å². The van der Waals surface area contributed by atoms with Crippen molar-refractivity contribution in [2.45, 2.75) is 13.0 Å². The number of benzene rings is 1. The summed E-state index contributed by atoms with van der Waals surface area (Å²) < 4.78 is 1.98. The van der Waals surface area contributed by atoms with Crippen LogP contribution in [0.15, 0.2) is 36.8 Å². The first-order chi connectivity index (χ1) is 8.20. The summed E-state index contributed by atoms with van der Waals surface area (Å²) in [6.07, 6.45) is 3.63. The molecule has 0 saturated carbocycles. The third-order valence-electron chi connectivity index (χ3n) is 2.84. The Morgan fingerprint density at radius 2 is 2.06 bits per heavy atom. The van der Waals surface area contributed by atoms with Gasteiger partial charge in [-0.15, -0.1) is 0 Å². The first-order valence-corrected chi connectivity index (χ1v) is 5.70. The van der Waals surface area contributed by atoms with Gasteiger partial charge in [-0.1, -0.05) is 17.7 Å². The van der Waals surface area contributed by atoms with E-state index in [2.05, 4.69) is 41.5 Å². The fourth-order valence-electron chi connectivity index (χ4n) is 1.81. The Morgan fingerprint density at radius 1 is 1.35 bits per heavy atom. The first-order valence-electron chi connectivity index (χ1n) is 5.70. The van der Waals surface area contributed by atoms with Crippen LogP contribution in [0.4, 0.5) is 5.69 Å². The van der Waals surface area contributed by atoms with E-state index in [0.29, 0.717) is 6.54 Å². The van der Waals surface area contributed by atoms with Crippen molar-refractivity contribution in [3.8, 4) is 0 Å². The average molecular weight is 230 g/mol. The van der Waals surface area contributed by atoms with Crippen LogP contribution < -0.4 is 11.1 Å². The predicted octanol–water partition coefficient (Wildman–Crippen LogP) is 1.84. The lowest BCUT2D eigenvalue weighted by Crippen LogP contribution is -2.22. The molecule has 0 aliphatic heterocycles. The molecule has 0 fully saturated rings. The maximum Gasteiger partial charge on any atom is 0.0946 e. The number of hydrogen-bond acceptors (Lipinski definition) is 3. The number of aromatic nitrogens is 2. The summed E-state index contributed by atoms with van der Waals surface area (Å²) >= 11 is 0. The minimum atomic E-state index is 0.0882. The van der Waals surface area contributed by atoms with Gasteiger partial charge in [-0.2, -0.15) is 0 Å². The van der Waals surface area contributed by atoms with E-state index in [1.165, 1.54) is 5.56 Å². The van der Waals surface area contributed by atoms with Gasteiger partial charge in [-0.25, -0.2) is 4.98 Å². The number of anilines is 1. The van der Waals surface area contributed by atoms with E-state index in [1.807, 2.05) is 17.8 Å². The summed E-state index contributed by atoms with van der Waals surface area (Å²) in [4.78, 5) is 4.11. The molecule has 17 heavy (non-hydrogen) atoms. The lowest BCUT2D eigenvalue weighted by molar-refractivity contribution is 0.706. The minimum Gasteiger partial charge on any atom is -0.375 e. The first kappa shape index (κ1) is 11.7. The molecule has 0 bridgehead atoms. The van der Waals surface area contributed by atoms with E-state index >= 15 is 0 Å². The van der Waals surface area contributed by atoms with Gasteiger partial charge >= 0.3 is 0 Å². The highest BCUT2D eigenvalue weighted by atomic mass is 15.1. The van der Waals surface area contributed by atoms with E-state index < -0.39 is 0 Å². The number of rotatable bonds is 4. The molecular formula is C13H18N4. The number of hydrogen-bond donors (Lipinski definition) is 2. The molecule has 1 atom stereocenters. The molecule has 90 valence electrons. The maximum atomic E-state index is 5.81. The molecule has 0 spiro atoms. The van der Waals surface area contributed by atoms with Gasteiger partial charge < -0.3 is 15.6 Å². The molecule has 1 unspecified atom stereocenters. The van der Waals surface area contributed by atoms with Gasteiger partial charge in [0.15, 0.2) is 0 Å². The molecule has 3 N–H and O–H groups in total. The van der Waals surface area contributed by atoms with Crippen LogP contribution in [0, 0.1) is 6.92 Å². The molecule has 0 saturated heterocycles. The van der Waals surface area contributed by atoms with E-state index in [4.69, 9.17) is 5.73 Å². The van der Waals surface area contributed by atoms with E-state index in [-0.39, 0.29) is 6.04 Å². The van der Waals surface area contributed by atoms with Crippen LogP contribution in [-0.4, -0.2) is 16.1 Å². The van der Waals surface area contributed by atoms with Gasteiger partial charge in [-0.05, 0) is 19.1 Å². The molecule has 1 heterocycles. The molecule has 0 amide bonds. The Balaban J connectivity index is 2.16. The molecule has 0 radical (unpaired) electrons. The lowest BCUT2D eigenvalue weighted by atomic mass is 10.2. The summed E-state index contributed by atoms with van der Waals surface area (Å²) in [6, 6.07) is 8.38. The van der Waals surface area contributed by atoms with Crippen molar-refractivity contribution in [2.24, 2.45) is 12.8 Å². The van der Waals surface area contributed by atoms with Crippen LogP contribution in [0.5, 0.6) is 0 Å². The van der Waals surface area contributed by atoms with Crippen LogP contribution in [0.25, 0.3) is 0 Å². The highest BCUT2D eigenvalue weighted by Gasteiger charge is 2.12. The van der Waals surface area contributed by atoms with E-state index in [1.54, 1.807) is 6.33 Å². The van der Waals surface area contributed by atoms with Gasteiger partial charge in [0.1, 0.15) is 0 Å². The summed E-state index contributed by atoms with van der Waals surface area (Å²) in [6.45, 7) is 2.61. The average Bonchev–Trinajstić information content (AvgIpc) is 2.75. The maximum absolute atomic E-state index is 5.81. The fourth-order valence-corrected chi connectivity index (χ4v) is 1.81. The van der Waals surface area contributed by atoms with Crippen molar-refractivity contribution in [1.29, 1.82) is 0 Å². The van der Waals surface area contributed by atoms with Crippen LogP contribution in [0.3, 0.4) is 0 Å². The van der Waals surface area contributed by atoms with Crippen LogP contribution in [-0.2, 0) is 7.05 Å². The second-order valence-corrected chi connectivity index (χ2v) is 4.23. The normalized spacial score (nSPS) is 12.4. The monoisotopic (exact) mass is 230 g/mol. The molecule has 1 aromatic carbocycles. The zero-order valence-electron chi connectivity index (χ0n) is 10.2. The number of nitrogens with zero attached hydrogens (tertiary/aromatic N) is 2. The van der Waals surface area contributed by atoms with Gasteiger partial charge in [0.05, 0.1) is 24.3 Å². The molecule has 4 heteroatoms. The highest BCUT2D eigenvalue weighted by Crippen LogP contribution is 2.18. The number of imidazole rings is 1. The molecule has 0 aliphatic carbocycles. The third kappa shape index (κ3) is 2.65. The number of aryl methyl sites for hydroxylation is 2. The Morgan fingerprint density at radius 3 is 2.59 bits per heavy atom. The standard InChI is InChI=1S/C13H18N4/c1-10-3-5-11(6-4-10)16-12(7-14)13-8-15-9-17(13)2/h3-6,8-9,12,16H,7,14H2,1-2H3. The number of nitrogens with one attached hydrogen (secondary N) is 1. The summed E-state index contributed by atoms with van der Waals surface area (Å²) in [7, 11) is 1.97. The van der Waals surface area contributed by atoms with Crippen molar-refractivity contribution in [3.63, 3.8) is 0 Å². The zero-order valence-corrected chi connectivity index (χ0v) is 10.2. The third-order valence-corrected chi connectivity index (χ3v) is 2.84. The second-order valence-electron chi connectivity index (χ2n) is 4.23. The summed E-state index contributed by atoms with van der Waals surface area (Å²) in [5.74, 6) is 0. The predicted molar refractivity (Wildman–Crippen MR) is 69.8 cm³/mol. The summed E-state index contributed by atoms with van der Waals surface area (Å²) in [5.41, 5.74) is 9.22. The van der Waals surface area contributed by atoms with E-state index in [0.717, 1.165) is 11.4 Å². The van der Waals surface area contributed by atoms with Crippen molar-refractivity contribution < 1.29 is 0 Å². The second kappa shape index (κ2) is 5.01. The number of nitrogens with two attached hydrogens (primary N) is 1. The van der Waals surface area contributed by atoms with E-state index in [9.17, 15) is 0 Å². The Kier molecular flexibility index (Phi) is 3.44. The minimum absolute atomic E-state index is 0.0882. The molecular weight excluding hydrogens is 212 g/mol. The smallest absolute Gasteiger partial charge is 0.0946 e. The van der Waals surface area contributed by atoms with Crippen LogP contribution in [0.1, 0.15) is 17.3 Å². The van der Waals surface area contributed by atoms with Crippen molar-refractivity contribution in [3.05, 3.63) is 48.0 Å². The Hall–Kier alpha value is -1.81. The van der Waals surface area contributed by atoms with Crippen molar-refractivity contribution in [2.75, 3.05) is 11.9 Å². The molecule has 4 nitrogen and oxygen atoms in total. The molecule has 0 aliphatic rings. The molecule has 1 aromatic heterocycles. The fraction of sp³-hybridized carbons (Fsp3) is 0.308. The van der Waals surface area contributed by atoms with Gasteiger partial charge in [-0.3, -0.25) is 0 Å². The SMILES string of the molecule is Cc1ccc(NC(CN)c2cncn2C)cc1. The largest absolute Gasteiger partial charge is 0.375 e. The Labute approximate surface area is 101 Å². The van der Waals surface area contributed by atoms with Crippen LogP contribution >= 0.6 is 0 Å². The van der Waals surface area contributed by atoms with Crippen molar-refractivity contribution in [1.82, 2.24) is 9.55 Å². The lowest BCUT2D eigenvalue weighted by Gasteiger charge is -2.18. The molecule has 2 aromatic rings. The highest BCUT2D eigenvalue weighted by molar-refractivity contribution is 5.46. The van der Waals surface area contributed by atoms with Crippen molar-refractivity contribution >= 4 is 5.69 Å². The zero-order chi connectivity index (χ0) is 12.3. The molecule has 2 rings (SSSR count). The Bertz CT molecular complexity index is 472. The summed E-state index contributed by atoms with van der Waals surface area (Å²) in [5, 5.41) is 3.41. The van der Waals surface area contributed by atoms with Crippen LogP contribution in [0.2, 0.25) is 0 Å². The van der Waals surface area contributed by atoms with Gasteiger partial charge in [0, 0.05) is 19.3 Å². The van der Waals surface area contributed by atoms with Gasteiger partial charge in [0.25, 0.3) is 0 Å². The topological polar surface area (TPSA) is 55.9 Å². The quantitative estimate of drug-likeness (QED) is 0.842.